The minimum Gasteiger partial charge on any atom is -0.391 e. The van der Waals surface area contributed by atoms with Crippen LogP contribution in [0, 0.1) is 23.5 Å². The molecule has 0 aliphatic heterocycles. The van der Waals surface area contributed by atoms with E-state index in [1.807, 2.05) is 0 Å². The highest BCUT2D eigenvalue weighted by atomic mass is 19.1. The first-order chi connectivity index (χ1) is 18.6. The van der Waals surface area contributed by atoms with Gasteiger partial charge in [-0.05, 0) is 73.2 Å². The monoisotopic (exact) mass is 536 g/mol. The molecule has 2 unspecified atom stereocenters. The van der Waals surface area contributed by atoms with Gasteiger partial charge in [0.1, 0.15) is 17.7 Å². The van der Waals surface area contributed by atoms with Crippen LogP contribution in [-0.4, -0.2) is 46.7 Å². The van der Waals surface area contributed by atoms with Gasteiger partial charge in [-0.15, -0.1) is 0 Å². The Balaban J connectivity index is 1.50. The number of nitrogens with one attached hydrogen (secondary N) is 4. The van der Waals surface area contributed by atoms with Crippen molar-refractivity contribution in [2.75, 3.05) is 11.9 Å². The Labute approximate surface area is 223 Å². The SMILES string of the molecule is CC(O)C(NC(=O)c1ccc(C#Cc2ccc(NC(=O)CNCc3cc(F)cc(F)c3)cc2)cc1)C(=O)NO. The van der Waals surface area contributed by atoms with Crippen LogP contribution in [0.3, 0.4) is 0 Å². The predicted octanol–water partition coefficient (Wildman–Crippen LogP) is 2.08. The molecule has 3 aromatic rings. The fourth-order valence-electron chi connectivity index (χ4n) is 3.42. The Hall–Kier alpha value is -4.63. The smallest absolute Gasteiger partial charge is 0.268 e. The van der Waals surface area contributed by atoms with Gasteiger partial charge in [-0.25, -0.2) is 14.3 Å². The van der Waals surface area contributed by atoms with E-state index >= 15 is 0 Å². The molecule has 2 atom stereocenters. The second-order valence-electron chi connectivity index (χ2n) is 8.50. The minimum atomic E-state index is -1.32. The lowest BCUT2D eigenvalue weighted by molar-refractivity contribution is -0.133. The maximum atomic E-state index is 13.2. The molecule has 3 rings (SSSR count). The topological polar surface area (TPSA) is 140 Å². The first-order valence-corrected chi connectivity index (χ1v) is 11.7. The van der Waals surface area contributed by atoms with Gasteiger partial charge in [0.25, 0.3) is 11.8 Å². The molecule has 11 heteroatoms. The summed E-state index contributed by atoms with van der Waals surface area (Å²) in [7, 11) is 0. The molecule has 0 fully saturated rings. The summed E-state index contributed by atoms with van der Waals surface area (Å²) in [5.41, 5.74) is 3.86. The van der Waals surface area contributed by atoms with Crippen LogP contribution >= 0.6 is 0 Å². The quantitative estimate of drug-likeness (QED) is 0.141. The van der Waals surface area contributed by atoms with Crippen LogP contribution in [0.1, 0.15) is 34.0 Å². The molecule has 0 spiro atoms. The van der Waals surface area contributed by atoms with Crippen molar-refractivity contribution >= 4 is 23.4 Å². The standard InChI is InChI=1S/C28H26F2N4O5/c1-17(35)26(28(38)34-39)33-27(37)21-8-4-18(5-9-21)2-3-19-6-10-24(11-7-19)32-25(36)16-31-15-20-12-22(29)14-23(30)13-20/h4-14,17,26,31,35,39H,15-16H2,1H3,(H,32,36)(H,33,37)(H,34,38). The number of benzene rings is 3. The highest BCUT2D eigenvalue weighted by Gasteiger charge is 2.25. The Bertz CT molecular complexity index is 1360. The van der Waals surface area contributed by atoms with E-state index < -0.39 is 35.6 Å². The summed E-state index contributed by atoms with van der Waals surface area (Å²) in [6.07, 6.45) is -1.22. The average molecular weight is 537 g/mol. The van der Waals surface area contributed by atoms with Gasteiger partial charge >= 0.3 is 0 Å². The number of aliphatic hydroxyl groups is 1. The molecule has 9 nitrogen and oxygen atoms in total. The van der Waals surface area contributed by atoms with Crippen LogP contribution in [0.5, 0.6) is 0 Å². The van der Waals surface area contributed by atoms with Crippen molar-refractivity contribution in [1.82, 2.24) is 16.1 Å². The summed E-state index contributed by atoms with van der Waals surface area (Å²) in [5, 5.41) is 26.3. The Kier molecular flexibility index (Phi) is 10.2. The molecule has 0 radical (unpaired) electrons. The fraction of sp³-hybridized carbons (Fsp3) is 0.179. The molecule has 39 heavy (non-hydrogen) atoms. The molecule has 0 saturated heterocycles. The van der Waals surface area contributed by atoms with E-state index in [0.29, 0.717) is 22.4 Å². The van der Waals surface area contributed by atoms with Gasteiger partial charge in [0.2, 0.25) is 5.91 Å². The highest BCUT2D eigenvalue weighted by Crippen LogP contribution is 2.10. The molecular formula is C28H26F2N4O5. The molecule has 202 valence electrons. The zero-order chi connectivity index (χ0) is 28.4. The van der Waals surface area contributed by atoms with Gasteiger partial charge in [0, 0.05) is 35.0 Å². The minimum absolute atomic E-state index is 0.0536. The molecule has 3 amide bonds. The van der Waals surface area contributed by atoms with Crippen LogP contribution < -0.4 is 21.4 Å². The van der Waals surface area contributed by atoms with E-state index in [1.165, 1.54) is 36.7 Å². The maximum absolute atomic E-state index is 13.2. The summed E-state index contributed by atoms with van der Waals surface area (Å²) < 4.78 is 26.5. The summed E-state index contributed by atoms with van der Waals surface area (Å²) in [5.74, 6) is 2.68. The third-order valence-electron chi connectivity index (χ3n) is 5.37. The number of hydroxylamine groups is 1. The van der Waals surface area contributed by atoms with Gasteiger partial charge in [-0.3, -0.25) is 19.6 Å². The molecule has 0 saturated carbocycles. The van der Waals surface area contributed by atoms with E-state index in [9.17, 15) is 28.3 Å². The number of halogens is 2. The number of aliphatic hydroxyl groups excluding tert-OH is 1. The first kappa shape index (κ1) is 28.9. The second-order valence-corrected chi connectivity index (χ2v) is 8.50. The number of hydrogen-bond donors (Lipinski definition) is 6. The van der Waals surface area contributed by atoms with Crippen LogP contribution in [0.25, 0.3) is 0 Å². The van der Waals surface area contributed by atoms with Gasteiger partial charge in [-0.1, -0.05) is 11.8 Å². The Morgan fingerprint density at radius 2 is 1.46 bits per heavy atom. The zero-order valence-electron chi connectivity index (χ0n) is 20.8. The Morgan fingerprint density at radius 1 is 0.897 bits per heavy atom. The van der Waals surface area contributed by atoms with E-state index in [2.05, 4.69) is 27.8 Å². The van der Waals surface area contributed by atoms with Gasteiger partial charge in [0.05, 0.1) is 12.6 Å². The average Bonchev–Trinajstić information content (AvgIpc) is 2.90. The lowest BCUT2D eigenvalue weighted by Crippen LogP contribution is -2.51. The summed E-state index contributed by atoms with van der Waals surface area (Å²) in [4.78, 5) is 36.1. The van der Waals surface area contributed by atoms with Crippen molar-refractivity contribution in [3.63, 3.8) is 0 Å². The number of amides is 3. The molecule has 0 aliphatic rings. The van der Waals surface area contributed by atoms with Crippen molar-refractivity contribution in [2.45, 2.75) is 25.6 Å². The van der Waals surface area contributed by atoms with Crippen molar-refractivity contribution in [1.29, 1.82) is 0 Å². The molecule has 0 aliphatic carbocycles. The number of rotatable bonds is 9. The van der Waals surface area contributed by atoms with Gasteiger partial charge in [0.15, 0.2) is 0 Å². The Morgan fingerprint density at radius 3 is 2.00 bits per heavy atom. The van der Waals surface area contributed by atoms with Crippen molar-refractivity contribution < 1.29 is 33.5 Å². The largest absolute Gasteiger partial charge is 0.391 e. The van der Waals surface area contributed by atoms with Gasteiger partial charge < -0.3 is 21.1 Å². The van der Waals surface area contributed by atoms with E-state index in [1.54, 1.807) is 36.4 Å². The van der Waals surface area contributed by atoms with Crippen LogP contribution in [-0.2, 0) is 16.1 Å². The number of hydrogen-bond acceptors (Lipinski definition) is 6. The zero-order valence-corrected chi connectivity index (χ0v) is 20.8. The van der Waals surface area contributed by atoms with Crippen LogP contribution in [0.4, 0.5) is 14.5 Å². The van der Waals surface area contributed by atoms with Crippen LogP contribution in [0.2, 0.25) is 0 Å². The molecule has 0 bridgehead atoms. The van der Waals surface area contributed by atoms with Crippen molar-refractivity contribution in [2.24, 2.45) is 0 Å². The first-order valence-electron chi connectivity index (χ1n) is 11.7. The molecule has 0 heterocycles. The molecule has 0 aromatic heterocycles. The van der Waals surface area contributed by atoms with Crippen LogP contribution in [0.15, 0.2) is 66.7 Å². The molecule has 3 aromatic carbocycles. The summed E-state index contributed by atoms with van der Waals surface area (Å²) in [6, 6.07) is 14.9. The normalized spacial score (nSPS) is 11.9. The molecule has 6 N–H and O–H groups in total. The number of anilines is 1. The third kappa shape index (κ3) is 9.01. The highest BCUT2D eigenvalue weighted by molar-refractivity contribution is 5.97. The number of carbonyl (C=O) groups is 3. The van der Waals surface area contributed by atoms with E-state index in [0.717, 1.165) is 6.07 Å². The second kappa shape index (κ2) is 13.8. The summed E-state index contributed by atoms with van der Waals surface area (Å²) >= 11 is 0. The molecular weight excluding hydrogens is 510 g/mol. The summed E-state index contributed by atoms with van der Waals surface area (Å²) in [6.45, 7) is 1.38. The van der Waals surface area contributed by atoms with E-state index in [4.69, 9.17) is 5.21 Å². The van der Waals surface area contributed by atoms with Crippen molar-refractivity contribution in [3.8, 4) is 11.8 Å². The van der Waals surface area contributed by atoms with E-state index in [-0.39, 0.29) is 24.6 Å². The number of carbonyl (C=O) groups excluding carboxylic acids is 3. The third-order valence-corrected chi connectivity index (χ3v) is 5.37. The maximum Gasteiger partial charge on any atom is 0.268 e. The lowest BCUT2D eigenvalue weighted by atomic mass is 10.1. The lowest BCUT2D eigenvalue weighted by Gasteiger charge is -2.19. The van der Waals surface area contributed by atoms with Gasteiger partial charge in [-0.2, -0.15) is 0 Å². The van der Waals surface area contributed by atoms with Crippen molar-refractivity contribution in [3.05, 3.63) is 101 Å². The predicted molar refractivity (Wildman–Crippen MR) is 138 cm³/mol. The fourth-order valence-corrected chi connectivity index (χ4v) is 3.42.